The number of piperazine rings is 1. The minimum atomic E-state index is -0.315. The van der Waals surface area contributed by atoms with Crippen LogP contribution < -0.4 is 10.6 Å². The molecule has 1 aromatic carbocycles. The quantitative estimate of drug-likeness (QED) is 0.331. The van der Waals surface area contributed by atoms with Gasteiger partial charge < -0.3 is 20.4 Å². The maximum Gasteiger partial charge on any atom is 0.191 e. The summed E-state index contributed by atoms with van der Waals surface area (Å²) in [5, 5.41) is 7.21. The molecule has 0 unspecified atom stereocenters. The number of nitrogens with zero attached hydrogens (tertiary/aromatic N) is 3. The van der Waals surface area contributed by atoms with Gasteiger partial charge in [0.1, 0.15) is 5.82 Å². The fraction of sp³-hybridized carbons (Fsp3) is 0.696. The minimum Gasteiger partial charge on any atom is -0.357 e. The first kappa shape index (κ1) is 24.9. The lowest BCUT2D eigenvalue weighted by molar-refractivity contribution is 0.136. The molecule has 0 spiro atoms. The van der Waals surface area contributed by atoms with Gasteiger partial charge in [-0.3, -0.25) is 4.99 Å². The van der Waals surface area contributed by atoms with E-state index in [4.69, 9.17) is 16.6 Å². The topological polar surface area (TPSA) is 42.9 Å². The van der Waals surface area contributed by atoms with Gasteiger partial charge in [0, 0.05) is 49.7 Å². The van der Waals surface area contributed by atoms with Crippen molar-refractivity contribution in [1.82, 2.24) is 20.4 Å². The number of rotatable bonds is 10. The van der Waals surface area contributed by atoms with Crippen LogP contribution in [0.3, 0.4) is 0 Å². The van der Waals surface area contributed by atoms with E-state index in [2.05, 4.69) is 48.1 Å². The standard InChI is InChI=1S/C23H39ClFN5/c1-5-26-22(27-11-7-8-12-30-15-13-29(6-2)14-16-30)28-18-23(3,4)20-10-9-19(25)17-21(20)24/h9-10,17H,5-8,11-16,18H2,1-4H3,(H2,26,27,28). The van der Waals surface area contributed by atoms with E-state index >= 15 is 0 Å². The molecule has 0 saturated carbocycles. The van der Waals surface area contributed by atoms with Crippen molar-refractivity contribution in [1.29, 1.82) is 0 Å². The van der Waals surface area contributed by atoms with Crippen LogP contribution in [0.2, 0.25) is 5.02 Å². The van der Waals surface area contributed by atoms with E-state index in [1.807, 2.05) is 0 Å². The highest BCUT2D eigenvalue weighted by atomic mass is 35.5. The normalized spacial score (nSPS) is 16.7. The molecule has 2 N–H and O–H groups in total. The predicted molar refractivity (Wildman–Crippen MR) is 126 cm³/mol. The number of unbranched alkanes of at least 4 members (excludes halogenated alkanes) is 1. The van der Waals surface area contributed by atoms with Gasteiger partial charge >= 0.3 is 0 Å². The van der Waals surface area contributed by atoms with E-state index in [9.17, 15) is 4.39 Å². The van der Waals surface area contributed by atoms with Gasteiger partial charge in [-0.15, -0.1) is 0 Å². The summed E-state index contributed by atoms with van der Waals surface area (Å²) < 4.78 is 13.4. The average Bonchev–Trinajstić information content (AvgIpc) is 2.72. The van der Waals surface area contributed by atoms with Crippen LogP contribution in [0.25, 0.3) is 0 Å². The summed E-state index contributed by atoms with van der Waals surface area (Å²) in [6.45, 7) is 17.8. The molecule has 1 heterocycles. The number of hydrogen-bond acceptors (Lipinski definition) is 3. The van der Waals surface area contributed by atoms with Crippen molar-refractivity contribution in [2.45, 2.75) is 46.0 Å². The Morgan fingerprint density at radius 2 is 1.80 bits per heavy atom. The summed E-state index contributed by atoms with van der Waals surface area (Å²) in [5.74, 6) is 0.505. The molecule has 5 nitrogen and oxygen atoms in total. The molecule has 30 heavy (non-hydrogen) atoms. The van der Waals surface area contributed by atoms with Crippen LogP contribution in [-0.2, 0) is 5.41 Å². The zero-order valence-electron chi connectivity index (χ0n) is 19.1. The van der Waals surface area contributed by atoms with Gasteiger partial charge in [-0.05, 0) is 50.6 Å². The second-order valence-corrected chi connectivity index (χ2v) is 9.02. The highest BCUT2D eigenvalue weighted by molar-refractivity contribution is 6.31. The number of likely N-dealkylation sites (N-methyl/N-ethyl adjacent to an activating group) is 1. The van der Waals surface area contributed by atoms with Crippen molar-refractivity contribution in [3.05, 3.63) is 34.6 Å². The average molecular weight is 440 g/mol. The molecule has 0 bridgehead atoms. The molecule has 0 atom stereocenters. The molecule has 7 heteroatoms. The largest absolute Gasteiger partial charge is 0.357 e. The van der Waals surface area contributed by atoms with Crippen LogP contribution >= 0.6 is 11.6 Å². The van der Waals surface area contributed by atoms with E-state index in [0.717, 1.165) is 37.6 Å². The number of hydrogen-bond donors (Lipinski definition) is 2. The van der Waals surface area contributed by atoms with Crippen molar-refractivity contribution in [2.75, 3.05) is 58.9 Å². The zero-order valence-corrected chi connectivity index (χ0v) is 19.9. The van der Waals surface area contributed by atoms with E-state index < -0.39 is 0 Å². The van der Waals surface area contributed by atoms with Gasteiger partial charge in [0.25, 0.3) is 0 Å². The summed E-state index contributed by atoms with van der Waals surface area (Å²) in [5.41, 5.74) is 0.627. The van der Waals surface area contributed by atoms with Gasteiger partial charge in [-0.1, -0.05) is 38.4 Å². The first-order valence-electron chi connectivity index (χ1n) is 11.3. The summed E-state index contributed by atoms with van der Waals surface area (Å²) in [6.07, 6.45) is 2.31. The SMILES string of the molecule is CCNC(=NCC(C)(C)c1ccc(F)cc1Cl)NCCCCN1CCN(CC)CC1. The Morgan fingerprint density at radius 1 is 1.10 bits per heavy atom. The smallest absolute Gasteiger partial charge is 0.191 e. The van der Waals surface area contributed by atoms with E-state index in [1.165, 1.54) is 51.3 Å². The third-order valence-electron chi connectivity index (χ3n) is 5.74. The summed E-state index contributed by atoms with van der Waals surface area (Å²) in [6, 6.07) is 4.58. The number of guanidine groups is 1. The van der Waals surface area contributed by atoms with Crippen molar-refractivity contribution in [3.8, 4) is 0 Å². The number of nitrogens with one attached hydrogen (secondary N) is 2. The molecule has 170 valence electrons. The molecule has 2 rings (SSSR count). The Bertz CT molecular complexity index is 672. The number of halogens is 2. The zero-order chi connectivity index (χ0) is 22.0. The second-order valence-electron chi connectivity index (χ2n) is 8.61. The first-order valence-corrected chi connectivity index (χ1v) is 11.7. The highest BCUT2D eigenvalue weighted by Gasteiger charge is 2.23. The van der Waals surface area contributed by atoms with Crippen molar-refractivity contribution < 1.29 is 4.39 Å². The maximum atomic E-state index is 13.4. The monoisotopic (exact) mass is 439 g/mol. The Hall–Kier alpha value is -1.37. The van der Waals surface area contributed by atoms with E-state index in [1.54, 1.807) is 6.07 Å². The van der Waals surface area contributed by atoms with Crippen molar-refractivity contribution in [3.63, 3.8) is 0 Å². The first-order chi connectivity index (χ1) is 14.4. The Labute approximate surface area is 187 Å². The van der Waals surface area contributed by atoms with Gasteiger partial charge in [0.15, 0.2) is 5.96 Å². The number of benzene rings is 1. The molecular formula is C23H39ClFN5. The number of aliphatic imine (C=N–C) groups is 1. The van der Waals surface area contributed by atoms with Crippen molar-refractivity contribution in [2.24, 2.45) is 4.99 Å². The fourth-order valence-corrected chi connectivity index (χ4v) is 4.16. The molecule has 1 aliphatic heterocycles. The molecule has 0 aromatic heterocycles. The van der Waals surface area contributed by atoms with Crippen LogP contribution in [0.15, 0.2) is 23.2 Å². The molecular weight excluding hydrogens is 401 g/mol. The fourth-order valence-electron chi connectivity index (χ4n) is 3.74. The Kier molecular flexibility index (Phi) is 10.4. The lowest BCUT2D eigenvalue weighted by atomic mass is 9.84. The van der Waals surface area contributed by atoms with E-state index in [-0.39, 0.29) is 11.2 Å². The minimum absolute atomic E-state index is 0.284. The van der Waals surface area contributed by atoms with Crippen LogP contribution in [0, 0.1) is 5.82 Å². The van der Waals surface area contributed by atoms with Crippen molar-refractivity contribution >= 4 is 17.6 Å². The maximum absolute atomic E-state index is 13.4. The molecule has 0 amide bonds. The van der Waals surface area contributed by atoms with Gasteiger partial charge in [-0.2, -0.15) is 0 Å². The van der Waals surface area contributed by atoms with Gasteiger partial charge in [-0.25, -0.2) is 4.39 Å². The molecule has 1 fully saturated rings. The Balaban J connectivity index is 1.77. The van der Waals surface area contributed by atoms with Crippen LogP contribution in [0.1, 0.15) is 46.1 Å². The van der Waals surface area contributed by atoms with Crippen LogP contribution in [0.5, 0.6) is 0 Å². The Morgan fingerprint density at radius 3 is 2.43 bits per heavy atom. The van der Waals surface area contributed by atoms with Crippen LogP contribution in [0.4, 0.5) is 4.39 Å². The van der Waals surface area contributed by atoms with Gasteiger partial charge in [0.2, 0.25) is 0 Å². The molecule has 1 aromatic rings. The third kappa shape index (κ3) is 8.05. The second kappa shape index (κ2) is 12.5. The molecule has 1 saturated heterocycles. The highest BCUT2D eigenvalue weighted by Crippen LogP contribution is 2.30. The summed E-state index contributed by atoms with van der Waals surface area (Å²) in [7, 11) is 0. The van der Waals surface area contributed by atoms with Gasteiger partial charge in [0.05, 0.1) is 6.54 Å². The predicted octanol–water partition coefficient (Wildman–Crippen LogP) is 3.73. The molecule has 0 radical (unpaired) electrons. The summed E-state index contributed by atoms with van der Waals surface area (Å²) in [4.78, 5) is 9.84. The molecule has 0 aliphatic carbocycles. The lowest BCUT2D eigenvalue weighted by Gasteiger charge is -2.34. The lowest BCUT2D eigenvalue weighted by Crippen LogP contribution is -2.46. The van der Waals surface area contributed by atoms with E-state index in [0.29, 0.717) is 11.6 Å². The summed E-state index contributed by atoms with van der Waals surface area (Å²) >= 11 is 6.26. The van der Waals surface area contributed by atoms with Crippen LogP contribution in [-0.4, -0.2) is 74.7 Å². The molecule has 1 aliphatic rings. The third-order valence-corrected chi connectivity index (χ3v) is 6.06.